The van der Waals surface area contributed by atoms with Gasteiger partial charge in [0, 0.05) is 24.8 Å². The Morgan fingerprint density at radius 2 is 2.17 bits per heavy atom. The van der Waals surface area contributed by atoms with Crippen molar-refractivity contribution in [1.29, 1.82) is 0 Å². The number of unbranched alkanes of at least 4 members (excludes halogenated alkanes) is 2. The number of anilines is 1. The van der Waals surface area contributed by atoms with Crippen LogP contribution in [0.15, 0.2) is 30.0 Å². The van der Waals surface area contributed by atoms with Crippen LogP contribution in [-0.4, -0.2) is 24.0 Å². The quantitative estimate of drug-likeness (QED) is 0.527. The van der Waals surface area contributed by atoms with Crippen LogP contribution in [0, 0.1) is 0 Å². The molecule has 0 atom stereocenters. The molecule has 1 aromatic heterocycles. The van der Waals surface area contributed by atoms with Crippen molar-refractivity contribution in [2.24, 2.45) is 0 Å². The molecule has 1 heterocycles. The molecule has 4 heteroatoms. The van der Waals surface area contributed by atoms with Crippen LogP contribution in [0.5, 0.6) is 0 Å². The molecule has 1 aromatic rings. The number of carbonyl (C=O) groups is 1. The summed E-state index contributed by atoms with van der Waals surface area (Å²) in [5, 5.41) is 6.30. The van der Waals surface area contributed by atoms with Gasteiger partial charge in [0.1, 0.15) is 5.82 Å². The van der Waals surface area contributed by atoms with Gasteiger partial charge < -0.3 is 10.6 Å². The standard InChI is InChI=1S/C19H29N3O/c1-2-3-7-12-22-19(23)17-11-14-21-18(15-17)20-13-10-16-8-5-4-6-9-16/h8,11,14-15H,2-7,9-10,12-13H2,1H3,(H,20,21)(H,22,23). The third kappa shape index (κ3) is 6.43. The van der Waals surface area contributed by atoms with Crippen molar-refractivity contribution in [3.05, 3.63) is 35.5 Å². The second kappa shape index (κ2) is 10.0. The van der Waals surface area contributed by atoms with Gasteiger partial charge in [-0.15, -0.1) is 0 Å². The average molecular weight is 315 g/mol. The molecule has 0 aromatic carbocycles. The SMILES string of the molecule is CCCCCNC(=O)c1ccnc(NCCC2=CCCCC2)c1. The Morgan fingerprint density at radius 1 is 1.26 bits per heavy atom. The molecular formula is C19H29N3O. The first-order valence-electron chi connectivity index (χ1n) is 8.95. The van der Waals surface area contributed by atoms with Crippen LogP contribution in [0.3, 0.4) is 0 Å². The number of allylic oxidation sites excluding steroid dienone is 1. The molecule has 1 aliphatic rings. The molecule has 0 spiro atoms. The first-order chi connectivity index (χ1) is 11.3. The van der Waals surface area contributed by atoms with E-state index in [1.807, 2.05) is 6.07 Å². The first kappa shape index (κ1) is 17.5. The lowest BCUT2D eigenvalue weighted by Crippen LogP contribution is -2.24. The number of rotatable bonds is 9. The summed E-state index contributed by atoms with van der Waals surface area (Å²) < 4.78 is 0. The minimum Gasteiger partial charge on any atom is -0.370 e. The Morgan fingerprint density at radius 3 is 2.96 bits per heavy atom. The van der Waals surface area contributed by atoms with Crippen molar-refractivity contribution >= 4 is 11.7 Å². The highest BCUT2D eigenvalue weighted by atomic mass is 16.1. The Hall–Kier alpha value is -1.84. The summed E-state index contributed by atoms with van der Waals surface area (Å²) >= 11 is 0. The van der Waals surface area contributed by atoms with Crippen LogP contribution < -0.4 is 10.6 Å². The molecule has 1 amide bonds. The van der Waals surface area contributed by atoms with Gasteiger partial charge in [-0.3, -0.25) is 4.79 Å². The molecular weight excluding hydrogens is 286 g/mol. The largest absolute Gasteiger partial charge is 0.370 e. The highest BCUT2D eigenvalue weighted by Crippen LogP contribution is 2.20. The van der Waals surface area contributed by atoms with Crippen LogP contribution in [0.4, 0.5) is 5.82 Å². The summed E-state index contributed by atoms with van der Waals surface area (Å²) in [5.74, 6) is 0.768. The maximum absolute atomic E-state index is 12.1. The number of amides is 1. The number of nitrogens with one attached hydrogen (secondary N) is 2. The van der Waals surface area contributed by atoms with Crippen molar-refractivity contribution in [2.75, 3.05) is 18.4 Å². The van der Waals surface area contributed by atoms with Crippen LogP contribution in [0.25, 0.3) is 0 Å². The second-order valence-corrected chi connectivity index (χ2v) is 6.18. The van der Waals surface area contributed by atoms with E-state index in [0.717, 1.165) is 44.6 Å². The molecule has 0 bridgehead atoms. The zero-order valence-electron chi connectivity index (χ0n) is 14.2. The fourth-order valence-corrected chi connectivity index (χ4v) is 2.83. The Labute approximate surface area is 139 Å². The van der Waals surface area contributed by atoms with Crippen molar-refractivity contribution in [3.63, 3.8) is 0 Å². The number of pyridine rings is 1. The van der Waals surface area contributed by atoms with E-state index in [-0.39, 0.29) is 5.91 Å². The molecule has 126 valence electrons. The lowest BCUT2D eigenvalue weighted by molar-refractivity contribution is 0.0953. The minimum atomic E-state index is -0.0125. The maximum atomic E-state index is 12.1. The highest BCUT2D eigenvalue weighted by molar-refractivity contribution is 5.94. The number of hydrogen-bond donors (Lipinski definition) is 2. The van der Waals surface area contributed by atoms with E-state index in [2.05, 4.69) is 28.6 Å². The third-order valence-corrected chi connectivity index (χ3v) is 4.23. The van der Waals surface area contributed by atoms with Gasteiger partial charge >= 0.3 is 0 Å². The van der Waals surface area contributed by atoms with E-state index in [1.165, 1.54) is 25.7 Å². The van der Waals surface area contributed by atoms with Gasteiger partial charge in [-0.1, -0.05) is 31.4 Å². The van der Waals surface area contributed by atoms with E-state index in [9.17, 15) is 4.79 Å². The molecule has 0 saturated heterocycles. The molecule has 1 aliphatic carbocycles. The van der Waals surface area contributed by atoms with Crippen LogP contribution in [0.2, 0.25) is 0 Å². The first-order valence-corrected chi connectivity index (χ1v) is 8.95. The lowest BCUT2D eigenvalue weighted by atomic mass is 9.97. The molecule has 23 heavy (non-hydrogen) atoms. The molecule has 0 unspecified atom stereocenters. The number of nitrogens with zero attached hydrogens (tertiary/aromatic N) is 1. The van der Waals surface area contributed by atoms with Crippen molar-refractivity contribution in [3.8, 4) is 0 Å². The fourth-order valence-electron chi connectivity index (χ4n) is 2.83. The monoisotopic (exact) mass is 315 g/mol. The topological polar surface area (TPSA) is 54.0 Å². The molecule has 0 radical (unpaired) electrons. The number of carbonyl (C=O) groups excluding carboxylic acids is 1. The summed E-state index contributed by atoms with van der Waals surface area (Å²) in [6.45, 7) is 3.78. The Bertz CT molecular complexity index is 525. The second-order valence-electron chi connectivity index (χ2n) is 6.18. The van der Waals surface area contributed by atoms with E-state index < -0.39 is 0 Å². The average Bonchev–Trinajstić information content (AvgIpc) is 2.60. The molecule has 4 nitrogen and oxygen atoms in total. The van der Waals surface area contributed by atoms with Crippen molar-refractivity contribution < 1.29 is 4.79 Å². The normalized spacial score (nSPS) is 14.2. The summed E-state index contributed by atoms with van der Waals surface area (Å²) in [7, 11) is 0. The number of aromatic nitrogens is 1. The smallest absolute Gasteiger partial charge is 0.251 e. The van der Waals surface area contributed by atoms with Gasteiger partial charge in [0.25, 0.3) is 5.91 Å². The van der Waals surface area contributed by atoms with Gasteiger partial charge in [-0.25, -0.2) is 4.98 Å². The molecule has 2 N–H and O–H groups in total. The van der Waals surface area contributed by atoms with Gasteiger partial charge in [0.15, 0.2) is 0 Å². The maximum Gasteiger partial charge on any atom is 0.251 e. The zero-order chi connectivity index (χ0) is 16.3. The number of hydrogen-bond acceptors (Lipinski definition) is 3. The van der Waals surface area contributed by atoms with Gasteiger partial charge in [-0.2, -0.15) is 0 Å². The minimum absolute atomic E-state index is 0.0125. The van der Waals surface area contributed by atoms with Gasteiger partial charge in [0.05, 0.1) is 0 Å². The van der Waals surface area contributed by atoms with Crippen LogP contribution in [0.1, 0.15) is 68.6 Å². The van der Waals surface area contributed by atoms with Crippen molar-refractivity contribution in [2.45, 2.75) is 58.3 Å². The molecule has 0 saturated carbocycles. The fraction of sp³-hybridized carbons (Fsp3) is 0.579. The summed E-state index contributed by atoms with van der Waals surface area (Å²) in [6, 6.07) is 3.61. The molecule has 0 aliphatic heterocycles. The summed E-state index contributed by atoms with van der Waals surface area (Å²) in [4.78, 5) is 16.4. The highest BCUT2D eigenvalue weighted by Gasteiger charge is 2.07. The van der Waals surface area contributed by atoms with Crippen LogP contribution in [-0.2, 0) is 0 Å². The van der Waals surface area contributed by atoms with Gasteiger partial charge in [-0.05, 0) is 50.7 Å². The Balaban J connectivity index is 1.77. The molecule has 0 fully saturated rings. The lowest BCUT2D eigenvalue weighted by Gasteiger charge is -2.13. The van der Waals surface area contributed by atoms with Gasteiger partial charge in [0.2, 0.25) is 0 Å². The predicted molar refractivity (Wildman–Crippen MR) is 95.8 cm³/mol. The van der Waals surface area contributed by atoms with Crippen LogP contribution >= 0.6 is 0 Å². The Kier molecular flexibility index (Phi) is 7.64. The predicted octanol–water partition coefficient (Wildman–Crippen LogP) is 4.30. The third-order valence-electron chi connectivity index (χ3n) is 4.23. The van der Waals surface area contributed by atoms with Crippen molar-refractivity contribution in [1.82, 2.24) is 10.3 Å². The zero-order valence-corrected chi connectivity index (χ0v) is 14.2. The van der Waals surface area contributed by atoms with E-state index in [1.54, 1.807) is 17.8 Å². The summed E-state index contributed by atoms with van der Waals surface area (Å²) in [6.07, 6.45) is 13.6. The van der Waals surface area contributed by atoms with E-state index in [4.69, 9.17) is 0 Å². The summed E-state index contributed by atoms with van der Waals surface area (Å²) in [5.41, 5.74) is 2.23. The van der Waals surface area contributed by atoms with E-state index in [0.29, 0.717) is 5.56 Å². The molecule has 2 rings (SSSR count). The van der Waals surface area contributed by atoms with E-state index >= 15 is 0 Å².